The number of ether oxygens (including phenoxy) is 2. The SMILES string of the molecule is C=C(C)C(=O)OCCS(=O)CCOC(=O)C(=C)C. The Kier molecular flexibility index (Phi) is 7.94. The molecule has 0 rings (SSSR count). The topological polar surface area (TPSA) is 69.7 Å². The maximum absolute atomic E-state index is 11.4. The summed E-state index contributed by atoms with van der Waals surface area (Å²) in [6, 6.07) is 0. The van der Waals surface area contributed by atoms with E-state index in [1.807, 2.05) is 0 Å². The second-order valence-electron chi connectivity index (χ2n) is 3.68. The molecule has 0 N–H and O–H groups in total. The second-order valence-corrected chi connectivity index (χ2v) is 5.38. The van der Waals surface area contributed by atoms with Crippen LogP contribution in [0.2, 0.25) is 0 Å². The molecule has 0 heterocycles. The van der Waals surface area contributed by atoms with Gasteiger partial charge in [-0.2, -0.15) is 0 Å². The van der Waals surface area contributed by atoms with Crippen LogP contribution in [0.1, 0.15) is 13.8 Å². The van der Waals surface area contributed by atoms with Gasteiger partial charge in [-0.15, -0.1) is 0 Å². The van der Waals surface area contributed by atoms with Gasteiger partial charge in [0.1, 0.15) is 13.2 Å². The van der Waals surface area contributed by atoms with Crippen LogP contribution in [0, 0.1) is 0 Å². The molecule has 0 radical (unpaired) electrons. The van der Waals surface area contributed by atoms with Gasteiger partial charge in [-0.05, 0) is 13.8 Å². The highest BCUT2D eigenvalue weighted by atomic mass is 32.2. The van der Waals surface area contributed by atoms with Crippen LogP contribution in [0.4, 0.5) is 0 Å². The zero-order chi connectivity index (χ0) is 14.1. The standard InChI is InChI=1S/C12H18O5S/c1-9(2)11(13)16-5-7-18(15)8-6-17-12(14)10(3)4/h1,3,5-8H2,2,4H3. The zero-order valence-electron chi connectivity index (χ0n) is 10.7. The fraction of sp³-hybridized carbons (Fsp3) is 0.500. The molecule has 0 saturated carbocycles. The average Bonchev–Trinajstić information content (AvgIpc) is 2.28. The summed E-state index contributed by atoms with van der Waals surface area (Å²) in [6.07, 6.45) is 0. The van der Waals surface area contributed by atoms with Crippen molar-refractivity contribution in [2.45, 2.75) is 13.8 Å². The van der Waals surface area contributed by atoms with Gasteiger partial charge in [-0.3, -0.25) is 4.21 Å². The normalized spacial score (nSPS) is 9.94. The minimum absolute atomic E-state index is 0.0622. The number of esters is 2. The molecule has 0 saturated heterocycles. The van der Waals surface area contributed by atoms with Gasteiger partial charge < -0.3 is 9.47 Å². The molecule has 0 amide bonds. The Morgan fingerprint density at radius 1 is 0.944 bits per heavy atom. The van der Waals surface area contributed by atoms with Crippen molar-refractivity contribution in [2.75, 3.05) is 24.7 Å². The first-order valence-electron chi connectivity index (χ1n) is 5.34. The van der Waals surface area contributed by atoms with E-state index in [0.29, 0.717) is 11.1 Å². The number of carbonyl (C=O) groups excluding carboxylic acids is 2. The van der Waals surface area contributed by atoms with Gasteiger partial charge in [0.05, 0.1) is 11.5 Å². The lowest BCUT2D eigenvalue weighted by Crippen LogP contribution is -2.17. The number of hydrogen-bond donors (Lipinski definition) is 0. The average molecular weight is 274 g/mol. The zero-order valence-corrected chi connectivity index (χ0v) is 11.5. The predicted molar refractivity (Wildman–Crippen MR) is 69.4 cm³/mol. The van der Waals surface area contributed by atoms with E-state index in [0.717, 1.165) is 0 Å². The van der Waals surface area contributed by atoms with Gasteiger partial charge in [0.2, 0.25) is 0 Å². The Hall–Kier alpha value is -1.43. The van der Waals surface area contributed by atoms with Crippen LogP contribution < -0.4 is 0 Å². The van der Waals surface area contributed by atoms with E-state index in [9.17, 15) is 13.8 Å². The lowest BCUT2D eigenvalue weighted by atomic mass is 10.4. The van der Waals surface area contributed by atoms with Crippen LogP contribution in [0.15, 0.2) is 24.3 Å². The van der Waals surface area contributed by atoms with Crippen molar-refractivity contribution in [2.24, 2.45) is 0 Å². The highest BCUT2D eigenvalue weighted by molar-refractivity contribution is 7.85. The third-order valence-corrected chi connectivity index (χ3v) is 3.03. The molecule has 102 valence electrons. The first-order chi connectivity index (χ1) is 8.34. The molecule has 0 bridgehead atoms. The summed E-state index contributed by atoms with van der Waals surface area (Å²) in [4.78, 5) is 22.0. The maximum Gasteiger partial charge on any atom is 0.333 e. The smallest absolute Gasteiger partial charge is 0.333 e. The van der Waals surface area contributed by atoms with Gasteiger partial charge >= 0.3 is 11.9 Å². The highest BCUT2D eigenvalue weighted by Crippen LogP contribution is 1.95. The van der Waals surface area contributed by atoms with E-state index in [4.69, 9.17) is 9.47 Å². The summed E-state index contributed by atoms with van der Waals surface area (Å²) in [5.74, 6) is -0.575. The van der Waals surface area contributed by atoms with Crippen molar-refractivity contribution >= 4 is 22.7 Å². The van der Waals surface area contributed by atoms with E-state index in [1.54, 1.807) is 0 Å². The Morgan fingerprint density at radius 2 is 1.28 bits per heavy atom. The molecule has 0 unspecified atom stereocenters. The van der Waals surface area contributed by atoms with E-state index >= 15 is 0 Å². The van der Waals surface area contributed by atoms with Crippen molar-refractivity contribution < 1.29 is 23.3 Å². The maximum atomic E-state index is 11.4. The number of hydrogen-bond acceptors (Lipinski definition) is 5. The summed E-state index contributed by atoms with van der Waals surface area (Å²) >= 11 is 0. The predicted octanol–water partition coefficient (Wildman–Crippen LogP) is 0.974. The van der Waals surface area contributed by atoms with E-state index in [-0.39, 0.29) is 24.7 Å². The Balaban J connectivity index is 3.67. The fourth-order valence-corrected chi connectivity index (χ4v) is 1.55. The first kappa shape index (κ1) is 16.6. The Bertz CT molecular complexity index is 339. The van der Waals surface area contributed by atoms with Crippen molar-refractivity contribution in [1.82, 2.24) is 0 Å². The van der Waals surface area contributed by atoms with Gasteiger partial charge in [-0.25, -0.2) is 9.59 Å². The minimum atomic E-state index is -1.19. The Labute approximate surface area is 109 Å². The van der Waals surface area contributed by atoms with Gasteiger partial charge in [0.25, 0.3) is 0 Å². The van der Waals surface area contributed by atoms with Gasteiger partial charge in [-0.1, -0.05) is 13.2 Å². The molecule has 0 aromatic rings. The first-order valence-corrected chi connectivity index (χ1v) is 6.83. The van der Waals surface area contributed by atoms with Crippen molar-refractivity contribution in [3.05, 3.63) is 24.3 Å². The summed E-state index contributed by atoms with van der Waals surface area (Å²) in [5, 5.41) is 0. The minimum Gasteiger partial charge on any atom is -0.461 e. The van der Waals surface area contributed by atoms with E-state index in [1.165, 1.54) is 13.8 Å². The van der Waals surface area contributed by atoms with Crippen LogP contribution in [-0.2, 0) is 29.9 Å². The second kappa shape index (κ2) is 8.63. The molecule has 0 spiro atoms. The monoisotopic (exact) mass is 274 g/mol. The summed E-state index contributed by atoms with van der Waals surface area (Å²) < 4.78 is 21.0. The molecule has 6 heteroatoms. The fourth-order valence-electron chi connectivity index (χ4n) is 0.803. The molecule has 0 fully saturated rings. The third-order valence-electron chi connectivity index (χ3n) is 1.79. The van der Waals surface area contributed by atoms with Gasteiger partial charge in [0, 0.05) is 21.9 Å². The van der Waals surface area contributed by atoms with E-state index in [2.05, 4.69) is 13.2 Å². The summed E-state index contributed by atoms with van der Waals surface area (Å²) in [7, 11) is -1.19. The molecule has 0 aliphatic rings. The quantitative estimate of drug-likeness (QED) is 0.487. The van der Waals surface area contributed by atoms with Crippen LogP contribution in [-0.4, -0.2) is 40.9 Å². The van der Waals surface area contributed by atoms with Crippen LogP contribution in [0.3, 0.4) is 0 Å². The Morgan fingerprint density at radius 3 is 1.56 bits per heavy atom. The number of rotatable bonds is 8. The molecule has 0 aromatic carbocycles. The lowest BCUT2D eigenvalue weighted by molar-refractivity contribution is -0.139. The molecule has 0 aromatic heterocycles. The summed E-state index contributed by atoms with van der Waals surface area (Å²) in [5.41, 5.74) is 0.604. The van der Waals surface area contributed by atoms with Crippen molar-refractivity contribution in [1.29, 1.82) is 0 Å². The van der Waals surface area contributed by atoms with Crippen molar-refractivity contribution in [3.8, 4) is 0 Å². The van der Waals surface area contributed by atoms with Crippen LogP contribution in [0.25, 0.3) is 0 Å². The molecule has 18 heavy (non-hydrogen) atoms. The number of carbonyl (C=O) groups is 2. The summed E-state index contributed by atoms with van der Waals surface area (Å²) in [6.45, 7) is 10.0. The van der Waals surface area contributed by atoms with Crippen LogP contribution in [0.5, 0.6) is 0 Å². The van der Waals surface area contributed by atoms with Gasteiger partial charge in [0.15, 0.2) is 0 Å². The lowest BCUT2D eigenvalue weighted by Gasteiger charge is -2.05. The van der Waals surface area contributed by atoms with Crippen LogP contribution >= 0.6 is 0 Å². The van der Waals surface area contributed by atoms with E-state index < -0.39 is 22.7 Å². The highest BCUT2D eigenvalue weighted by Gasteiger charge is 2.07. The van der Waals surface area contributed by atoms with Crippen molar-refractivity contribution in [3.63, 3.8) is 0 Å². The molecule has 0 aliphatic carbocycles. The molecule has 5 nitrogen and oxygen atoms in total. The molecule has 0 atom stereocenters. The molecular weight excluding hydrogens is 256 g/mol. The third kappa shape index (κ3) is 7.78. The molecular formula is C12H18O5S. The largest absolute Gasteiger partial charge is 0.461 e. The molecule has 0 aliphatic heterocycles.